The van der Waals surface area contributed by atoms with Gasteiger partial charge in [-0.25, -0.2) is 0 Å². The second-order valence-electron chi connectivity index (χ2n) is 6.42. The van der Waals surface area contributed by atoms with Gasteiger partial charge in [-0.1, -0.05) is 37.5 Å². The van der Waals surface area contributed by atoms with E-state index in [4.69, 9.17) is 10.7 Å². The van der Waals surface area contributed by atoms with E-state index < -0.39 is 0 Å². The molecule has 0 aliphatic heterocycles. The molecule has 0 atom stereocenters. The molecule has 0 bridgehead atoms. The fraction of sp³-hybridized carbons (Fsp3) is 0.500. The monoisotopic (exact) mass is 283 g/mol. The second-order valence-corrected chi connectivity index (χ2v) is 6.42. The maximum Gasteiger partial charge on any atom is 0.0726 e. The van der Waals surface area contributed by atoms with Crippen LogP contribution in [-0.4, -0.2) is 23.5 Å². The summed E-state index contributed by atoms with van der Waals surface area (Å²) in [4.78, 5) is 7.14. The highest BCUT2D eigenvalue weighted by Gasteiger charge is 2.16. The largest absolute Gasteiger partial charge is 0.398 e. The van der Waals surface area contributed by atoms with Crippen molar-refractivity contribution in [3.63, 3.8) is 0 Å². The Balaban J connectivity index is 1.69. The zero-order valence-corrected chi connectivity index (χ0v) is 12.9. The summed E-state index contributed by atoms with van der Waals surface area (Å²) in [5.74, 6) is 0.863. The molecule has 1 aromatic heterocycles. The number of pyridine rings is 1. The van der Waals surface area contributed by atoms with Gasteiger partial charge in [0.2, 0.25) is 0 Å². The molecule has 21 heavy (non-hydrogen) atoms. The van der Waals surface area contributed by atoms with E-state index in [2.05, 4.69) is 11.9 Å². The number of rotatable bonds is 4. The summed E-state index contributed by atoms with van der Waals surface area (Å²) in [5.41, 5.74) is 9.07. The normalized spacial score (nSPS) is 16.7. The van der Waals surface area contributed by atoms with E-state index >= 15 is 0 Å². The van der Waals surface area contributed by atoms with Gasteiger partial charge < -0.3 is 10.6 Å². The van der Waals surface area contributed by atoms with Gasteiger partial charge in [0.1, 0.15) is 0 Å². The lowest BCUT2D eigenvalue weighted by Gasteiger charge is -2.26. The minimum atomic E-state index is 0.835. The lowest BCUT2D eigenvalue weighted by atomic mass is 9.89. The number of benzene rings is 1. The summed E-state index contributed by atoms with van der Waals surface area (Å²) >= 11 is 0. The molecule has 3 heteroatoms. The zero-order chi connectivity index (χ0) is 14.7. The van der Waals surface area contributed by atoms with Crippen molar-refractivity contribution in [3.8, 4) is 0 Å². The van der Waals surface area contributed by atoms with E-state index in [1.807, 2.05) is 30.3 Å². The van der Waals surface area contributed by atoms with Crippen LogP contribution >= 0.6 is 0 Å². The molecule has 0 spiro atoms. The number of aromatic nitrogens is 1. The number of hydrogen-bond donors (Lipinski definition) is 1. The first-order valence-corrected chi connectivity index (χ1v) is 8.05. The van der Waals surface area contributed by atoms with E-state index in [0.717, 1.165) is 34.7 Å². The number of hydrogen-bond acceptors (Lipinski definition) is 3. The van der Waals surface area contributed by atoms with Crippen molar-refractivity contribution in [1.82, 2.24) is 9.88 Å². The van der Waals surface area contributed by atoms with Gasteiger partial charge in [0, 0.05) is 24.2 Å². The van der Waals surface area contributed by atoms with Gasteiger partial charge in [-0.2, -0.15) is 0 Å². The Bertz CT molecular complexity index is 602. The first-order valence-electron chi connectivity index (χ1n) is 8.05. The van der Waals surface area contributed by atoms with Crippen LogP contribution in [0.25, 0.3) is 10.9 Å². The van der Waals surface area contributed by atoms with Crippen LogP contribution in [0.2, 0.25) is 0 Å². The van der Waals surface area contributed by atoms with Gasteiger partial charge in [0.15, 0.2) is 0 Å². The molecule has 1 aliphatic rings. The molecule has 0 unspecified atom stereocenters. The third kappa shape index (κ3) is 3.53. The van der Waals surface area contributed by atoms with Gasteiger partial charge in [-0.15, -0.1) is 0 Å². The number of fused-ring (bicyclic) bond motifs is 1. The van der Waals surface area contributed by atoms with E-state index in [0.29, 0.717) is 0 Å². The molecule has 1 heterocycles. The fourth-order valence-corrected chi connectivity index (χ4v) is 3.49. The summed E-state index contributed by atoms with van der Waals surface area (Å²) in [5, 5.41) is 1.05. The summed E-state index contributed by atoms with van der Waals surface area (Å²) in [7, 11) is 2.20. The predicted octanol–water partition coefficient (Wildman–Crippen LogP) is 3.83. The van der Waals surface area contributed by atoms with Crippen LogP contribution in [-0.2, 0) is 6.54 Å². The van der Waals surface area contributed by atoms with Gasteiger partial charge in [0.25, 0.3) is 0 Å². The molecule has 1 fully saturated rings. The lowest BCUT2D eigenvalue weighted by Crippen LogP contribution is -2.27. The van der Waals surface area contributed by atoms with E-state index in [9.17, 15) is 0 Å². The Morgan fingerprint density at radius 2 is 1.95 bits per heavy atom. The topological polar surface area (TPSA) is 42.1 Å². The highest BCUT2D eigenvalue weighted by Crippen LogP contribution is 2.25. The SMILES string of the molecule is CN(Cc1cc(N)c2ccccc2n1)CC1CCCCC1. The van der Waals surface area contributed by atoms with Gasteiger partial charge >= 0.3 is 0 Å². The van der Waals surface area contributed by atoms with Crippen molar-refractivity contribution < 1.29 is 0 Å². The zero-order valence-electron chi connectivity index (χ0n) is 12.9. The van der Waals surface area contributed by atoms with Crippen LogP contribution in [0.3, 0.4) is 0 Å². The maximum atomic E-state index is 6.16. The summed E-state index contributed by atoms with van der Waals surface area (Å²) in [6, 6.07) is 10.1. The molecule has 0 saturated heterocycles. The molecule has 2 N–H and O–H groups in total. The van der Waals surface area contributed by atoms with Crippen molar-refractivity contribution in [2.75, 3.05) is 19.3 Å². The summed E-state index contributed by atoms with van der Waals surface area (Å²) < 4.78 is 0. The summed E-state index contributed by atoms with van der Waals surface area (Å²) in [6.45, 7) is 2.06. The molecule has 0 amide bonds. The molecule has 3 nitrogen and oxygen atoms in total. The number of nitrogens with two attached hydrogens (primary N) is 1. The van der Waals surface area contributed by atoms with Crippen LogP contribution in [0.4, 0.5) is 5.69 Å². The third-order valence-corrected chi connectivity index (χ3v) is 4.53. The Labute approximate surface area is 127 Å². The molecule has 3 rings (SSSR count). The van der Waals surface area contributed by atoms with Crippen molar-refractivity contribution in [2.45, 2.75) is 38.6 Å². The predicted molar refractivity (Wildman–Crippen MR) is 89.1 cm³/mol. The number of nitrogen functional groups attached to an aromatic ring is 1. The molecule has 2 aromatic rings. The smallest absolute Gasteiger partial charge is 0.0726 e. The first kappa shape index (κ1) is 14.3. The van der Waals surface area contributed by atoms with Crippen molar-refractivity contribution in [3.05, 3.63) is 36.0 Å². The highest BCUT2D eigenvalue weighted by molar-refractivity contribution is 5.90. The van der Waals surface area contributed by atoms with Crippen LogP contribution < -0.4 is 5.73 Å². The minimum absolute atomic E-state index is 0.835. The standard InChI is InChI=1S/C18H25N3/c1-21(12-14-7-3-2-4-8-14)13-15-11-17(19)16-9-5-6-10-18(16)20-15/h5-6,9-11,14H,2-4,7-8,12-13H2,1H3,(H2,19,20). The average molecular weight is 283 g/mol. The molecule has 1 saturated carbocycles. The molecule has 1 aliphatic carbocycles. The van der Waals surface area contributed by atoms with Gasteiger partial charge in [0.05, 0.1) is 11.2 Å². The van der Waals surface area contributed by atoms with Crippen molar-refractivity contribution in [2.24, 2.45) is 5.92 Å². The average Bonchev–Trinajstić information content (AvgIpc) is 2.48. The minimum Gasteiger partial charge on any atom is -0.398 e. The Hall–Kier alpha value is -1.61. The molecule has 112 valence electrons. The summed E-state index contributed by atoms with van der Waals surface area (Å²) in [6.07, 6.45) is 7.00. The third-order valence-electron chi connectivity index (χ3n) is 4.53. The number of para-hydroxylation sites is 1. The Morgan fingerprint density at radius 3 is 2.76 bits per heavy atom. The Kier molecular flexibility index (Phi) is 4.39. The second kappa shape index (κ2) is 6.44. The van der Waals surface area contributed by atoms with Crippen LogP contribution in [0.5, 0.6) is 0 Å². The first-order chi connectivity index (χ1) is 10.2. The fourth-order valence-electron chi connectivity index (χ4n) is 3.49. The molecule has 1 aromatic carbocycles. The highest BCUT2D eigenvalue weighted by atomic mass is 15.1. The van der Waals surface area contributed by atoms with Crippen LogP contribution in [0.15, 0.2) is 30.3 Å². The van der Waals surface area contributed by atoms with Crippen molar-refractivity contribution >= 4 is 16.6 Å². The quantitative estimate of drug-likeness (QED) is 0.927. The van der Waals surface area contributed by atoms with Crippen LogP contribution in [0.1, 0.15) is 37.8 Å². The molecule has 0 radical (unpaired) electrons. The van der Waals surface area contributed by atoms with Gasteiger partial charge in [-0.3, -0.25) is 4.98 Å². The van der Waals surface area contributed by atoms with E-state index in [-0.39, 0.29) is 0 Å². The Morgan fingerprint density at radius 1 is 1.19 bits per heavy atom. The molecular weight excluding hydrogens is 258 g/mol. The van der Waals surface area contributed by atoms with Crippen LogP contribution in [0, 0.1) is 5.92 Å². The van der Waals surface area contributed by atoms with Crippen molar-refractivity contribution in [1.29, 1.82) is 0 Å². The van der Waals surface area contributed by atoms with Gasteiger partial charge in [-0.05, 0) is 37.9 Å². The molecular formula is C18H25N3. The maximum absolute atomic E-state index is 6.16. The van der Waals surface area contributed by atoms with E-state index in [1.54, 1.807) is 0 Å². The number of anilines is 1. The lowest BCUT2D eigenvalue weighted by molar-refractivity contribution is 0.226. The number of nitrogens with zero attached hydrogens (tertiary/aromatic N) is 2. The van der Waals surface area contributed by atoms with E-state index in [1.165, 1.54) is 38.6 Å².